The Morgan fingerprint density at radius 2 is 2.10 bits per heavy atom. The topological polar surface area (TPSA) is 67.2 Å². The van der Waals surface area contributed by atoms with E-state index in [1.807, 2.05) is 20.8 Å². The highest BCUT2D eigenvalue weighted by Gasteiger charge is 2.34. The number of hydrogen-bond donors (Lipinski definition) is 1. The molecule has 1 aromatic rings. The number of rotatable bonds is 5. The van der Waals surface area contributed by atoms with E-state index in [-0.39, 0.29) is 18.4 Å². The Balaban J connectivity index is 2.30. The van der Waals surface area contributed by atoms with E-state index in [0.717, 1.165) is 17.8 Å². The summed E-state index contributed by atoms with van der Waals surface area (Å²) >= 11 is 6.30. The Morgan fingerprint density at radius 1 is 1.38 bits per heavy atom. The first-order chi connectivity index (χ1) is 9.99. The van der Waals surface area contributed by atoms with Crippen molar-refractivity contribution in [3.8, 4) is 0 Å². The van der Waals surface area contributed by atoms with Gasteiger partial charge in [-0.3, -0.25) is 14.3 Å². The van der Waals surface area contributed by atoms with Gasteiger partial charge in [-0.05, 0) is 20.3 Å². The second-order valence-corrected chi connectivity index (χ2v) is 5.58. The molecule has 1 atom stereocenters. The number of aromatic nitrogens is 2. The zero-order valence-corrected chi connectivity index (χ0v) is 13.4. The summed E-state index contributed by atoms with van der Waals surface area (Å²) in [7, 11) is 0. The summed E-state index contributed by atoms with van der Waals surface area (Å²) in [4.78, 5) is 25.8. The average molecular weight is 313 g/mol. The van der Waals surface area contributed by atoms with Crippen LogP contribution in [0.15, 0.2) is 0 Å². The first-order valence-electron chi connectivity index (χ1n) is 7.28. The molecule has 21 heavy (non-hydrogen) atoms. The average Bonchev–Trinajstić information content (AvgIpc) is 2.74. The number of nitrogens with one attached hydrogen (secondary N) is 1. The summed E-state index contributed by atoms with van der Waals surface area (Å²) in [6.45, 7) is 6.86. The summed E-state index contributed by atoms with van der Waals surface area (Å²) in [5.74, 6) is -0.169. The molecule has 2 rings (SSSR count). The minimum atomic E-state index is -0.423. The number of nitrogens with zero attached hydrogens (tertiary/aromatic N) is 3. The summed E-state index contributed by atoms with van der Waals surface area (Å²) in [6, 6.07) is -0.423. The molecule has 6 nitrogen and oxygen atoms in total. The lowest BCUT2D eigenvalue weighted by Crippen LogP contribution is -2.57. The van der Waals surface area contributed by atoms with Crippen molar-refractivity contribution in [3.05, 3.63) is 16.4 Å². The van der Waals surface area contributed by atoms with Crippen LogP contribution in [-0.2, 0) is 22.7 Å². The van der Waals surface area contributed by atoms with E-state index in [1.165, 1.54) is 0 Å². The Kier molecular flexibility index (Phi) is 4.88. The van der Waals surface area contributed by atoms with Crippen molar-refractivity contribution in [2.24, 2.45) is 0 Å². The van der Waals surface area contributed by atoms with Gasteiger partial charge in [0.05, 0.1) is 29.5 Å². The van der Waals surface area contributed by atoms with Crippen LogP contribution in [0.1, 0.15) is 38.1 Å². The predicted octanol–water partition coefficient (Wildman–Crippen LogP) is 1.49. The number of hydrogen-bond acceptors (Lipinski definition) is 3. The van der Waals surface area contributed by atoms with E-state index < -0.39 is 6.04 Å². The number of aryl methyl sites for hydroxylation is 2. The molecule has 116 valence electrons. The number of carbonyl (C=O) groups excluding carboxylic acids is 2. The molecule has 1 unspecified atom stereocenters. The molecular weight excluding hydrogens is 292 g/mol. The molecule has 1 aliphatic heterocycles. The summed E-state index contributed by atoms with van der Waals surface area (Å²) in [5, 5.41) is 7.58. The van der Waals surface area contributed by atoms with Crippen LogP contribution < -0.4 is 5.32 Å². The maximum atomic E-state index is 12.2. The minimum absolute atomic E-state index is 0.0515. The Hall–Kier alpha value is -1.56. The van der Waals surface area contributed by atoms with Crippen molar-refractivity contribution >= 4 is 23.4 Å². The molecule has 1 saturated heterocycles. The van der Waals surface area contributed by atoms with Crippen LogP contribution in [0.3, 0.4) is 0 Å². The fraction of sp³-hybridized carbons (Fsp3) is 0.643. The van der Waals surface area contributed by atoms with E-state index >= 15 is 0 Å². The van der Waals surface area contributed by atoms with E-state index in [2.05, 4.69) is 10.4 Å². The van der Waals surface area contributed by atoms with Gasteiger partial charge in [-0.2, -0.15) is 5.10 Å². The third-order valence-corrected chi connectivity index (χ3v) is 4.24. The molecular formula is C14H21ClN4O2. The normalized spacial score (nSPS) is 19.0. The summed E-state index contributed by atoms with van der Waals surface area (Å²) in [5.41, 5.74) is 1.54. The maximum absolute atomic E-state index is 12.2. The molecule has 2 heterocycles. The van der Waals surface area contributed by atoms with Gasteiger partial charge in [-0.15, -0.1) is 0 Å². The monoisotopic (exact) mass is 312 g/mol. The molecule has 1 fully saturated rings. The SMILES string of the molecule is CCCC1C(=O)NCC(=O)N1Cc1c(Cl)c(C)nn1CC. The van der Waals surface area contributed by atoms with Crippen LogP contribution in [0, 0.1) is 6.92 Å². The zero-order chi connectivity index (χ0) is 15.6. The molecule has 0 aromatic carbocycles. The van der Waals surface area contributed by atoms with Gasteiger partial charge >= 0.3 is 0 Å². The highest BCUT2D eigenvalue weighted by molar-refractivity contribution is 6.31. The Morgan fingerprint density at radius 3 is 2.71 bits per heavy atom. The van der Waals surface area contributed by atoms with Crippen LogP contribution in [0.2, 0.25) is 5.02 Å². The van der Waals surface area contributed by atoms with Crippen molar-refractivity contribution in [1.82, 2.24) is 20.0 Å². The zero-order valence-electron chi connectivity index (χ0n) is 12.6. The van der Waals surface area contributed by atoms with Crippen LogP contribution in [0.25, 0.3) is 0 Å². The van der Waals surface area contributed by atoms with Crippen LogP contribution in [0.4, 0.5) is 0 Å². The molecule has 0 spiro atoms. The standard InChI is InChI=1S/C14H21ClN4O2/c1-4-6-10-14(21)16-7-12(20)18(10)8-11-13(15)9(3)17-19(11)5-2/h10H,4-8H2,1-3H3,(H,16,21). The molecule has 0 aliphatic carbocycles. The van der Waals surface area contributed by atoms with Crippen molar-refractivity contribution < 1.29 is 9.59 Å². The third-order valence-electron chi connectivity index (χ3n) is 3.75. The molecule has 0 radical (unpaired) electrons. The Labute approximate surface area is 129 Å². The highest BCUT2D eigenvalue weighted by atomic mass is 35.5. The predicted molar refractivity (Wildman–Crippen MR) is 79.9 cm³/mol. The van der Waals surface area contributed by atoms with Gasteiger partial charge in [0.25, 0.3) is 0 Å². The number of piperazine rings is 1. The van der Waals surface area contributed by atoms with Crippen LogP contribution in [-0.4, -0.2) is 39.1 Å². The smallest absolute Gasteiger partial charge is 0.243 e. The van der Waals surface area contributed by atoms with Gasteiger partial charge in [0.1, 0.15) is 6.04 Å². The number of amides is 2. The fourth-order valence-corrected chi connectivity index (χ4v) is 2.83. The van der Waals surface area contributed by atoms with E-state index in [0.29, 0.717) is 24.5 Å². The fourth-order valence-electron chi connectivity index (χ4n) is 2.64. The van der Waals surface area contributed by atoms with Gasteiger partial charge in [0.2, 0.25) is 11.8 Å². The number of halogens is 1. The minimum Gasteiger partial charge on any atom is -0.345 e. The van der Waals surface area contributed by atoms with Crippen LogP contribution in [0.5, 0.6) is 0 Å². The molecule has 7 heteroatoms. The van der Waals surface area contributed by atoms with E-state index in [4.69, 9.17) is 11.6 Å². The second-order valence-electron chi connectivity index (χ2n) is 5.21. The first-order valence-corrected chi connectivity index (χ1v) is 7.66. The van der Waals surface area contributed by atoms with Gasteiger partial charge < -0.3 is 10.2 Å². The summed E-state index contributed by atoms with van der Waals surface area (Å²) in [6.07, 6.45) is 1.48. The van der Waals surface area contributed by atoms with Crippen molar-refractivity contribution in [1.29, 1.82) is 0 Å². The highest BCUT2D eigenvalue weighted by Crippen LogP contribution is 2.24. The lowest BCUT2D eigenvalue weighted by atomic mass is 10.1. The third kappa shape index (κ3) is 3.05. The first kappa shape index (κ1) is 15.8. The van der Waals surface area contributed by atoms with E-state index in [1.54, 1.807) is 9.58 Å². The summed E-state index contributed by atoms with van der Waals surface area (Å²) < 4.78 is 1.79. The lowest BCUT2D eigenvalue weighted by Gasteiger charge is -2.35. The Bertz CT molecular complexity index is 555. The van der Waals surface area contributed by atoms with Gasteiger partial charge in [0, 0.05) is 6.54 Å². The lowest BCUT2D eigenvalue weighted by molar-refractivity contribution is -0.146. The van der Waals surface area contributed by atoms with E-state index in [9.17, 15) is 9.59 Å². The molecule has 1 aromatic heterocycles. The molecule has 0 saturated carbocycles. The second kappa shape index (κ2) is 6.47. The van der Waals surface area contributed by atoms with Crippen molar-refractivity contribution in [2.75, 3.05) is 6.54 Å². The molecule has 0 bridgehead atoms. The number of carbonyl (C=O) groups is 2. The maximum Gasteiger partial charge on any atom is 0.243 e. The van der Waals surface area contributed by atoms with Crippen molar-refractivity contribution in [2.45, 2.75) is 52.7 Å². The largest absolute Gasteiger partial charge is 0.345 e. The molecule has 1 N–H and O–H groups in total. The van der Waals surface area contributed by atoms with Crippen molar-refractivity contribution in [3.63, 3.8) is 0 Å². The van der Waals surface area contributed by atoms with Gasteiger partial charge in [-0.25, -0.2) is 0 Å². The molecule has 2 amide bonds. The van der Waals surface area contributed by atoms with Gasteiger partial charge in [-0.1, -0.05) is 24.9 Å². The van der Waals surface area contributed by atoms with Gasteiger partial charge in [0.15, 0.2) is 0 Å². The quantitative estimate of drug-likeness (QED) is 0.896. The van der Waals surface area contributed by atoms with Crippen LogP contribution >= 0.6 is 11.6 Å². The molecule has 1 aliphatic rings.